The van der Waals surface area contributed by atoms with E-state index in [0.29, 0.717) is 23.2 Å². The van der Waals surface area contributed by atoms with Gasteiger partial charge in [0.2, 0.25) is 11.6 Å². The second-order valence-electron chi connectivity index (χ2n) is 8.41. The monoisotopic (exact) mass is 485 g/mol. The van der Waals surface area contributed by atoms with Crippen LogP contribution in [0.4, 0.5) is 5.88 Å². The number of hydrogen-bond donors (Lipinski definition) is 0. The minimum atomic E-state index is 0.255. The predicted octanol–water partition coefficient (Wildman–Crippen LogP) is 4.15. The highest BCUT2D eigenvalue weighted by atomic mass is 16.5. The molecule has 0 radical (unpaired) electrons. The van der Waals surface area contributed by atoms with Gasteiger partial charge in [-0.05, 0) is 48.5 Å². The van der Waals surface area contributed by atoms with E-state index >= 15 is 0 Å². The molecule has 3 aromatic heterocycles. The predicted molar refractivity (Wildman–Crippen MR) is 133 cm³/mol. The number of nitrogens with zero attached hydrogens (tertiary/aromatic N) is 5. The van der Waals surface area contributed by atoms with Crippen LogP contribution in [0.3, 0.4) is 0 Å². The third-order valence-corrected chi connectivity index (χ3v) is 6.10. The largest absolute Gasteiger partial charge is 0.497 e. The molecule has 184 valence electrons. The van der Waals surface area contributed by atoms with Crippen LogP contribution in [0.25, 0.3) is 11.7 Å². The van der Waals surface area contributed by atoms with Crippen LogP contribution in [0.1, 0.15) is 17.1 Å². The quantitative estimate of drug-likeness (QED) is 0.346. The van der Waals surface area contributed by atoms with Crippen LogP contribution in [0, 0.1) is 11.3 Å². The molecule has 0 atom stereocenters. The smallest absolute Gasteiger partial charge is 0.266 e. The molecule has 0 unspecified atom stereocenters. The molecule has 9 nitrogen and oxygen atoms in total. The standard InChI is InChI=1S/C27H27N5O4/c1-33-21-5-7-22(8-6-21)34-19-23-9-10-25(35-23)26-30-24(18-28)27(36-26)32-16-14-31(15-17-32)13-11-20-4-2-3-12-29-20/h2-10,12H,11,13-17,19H2,1H3. The van der Waals surface area contributed by atoms with Gasteiger partial charge in [0.25, 0.3) is 5.89 Å². The van der Waals surface area contributed by atoms with Crippen molar-refractivity contribution in [2.45, 2.75) is 13.0 Å². The molecule has 0 spiro atoms. The molecule has 0 amide bonds. The maximum absolute atomic E-state index is 9.65. The lowest BCUT2D eigenvalue weighted by molar-refractivity contribution is 0.256. The van der Waals surface area contributed by atoms with Crippen molar-refractivity contribution in [3.63, 3.8) is 0 Å². The van der Waals surface area contributed by atoms with Gasteiger partial charge < -0.3 is 23.2 Å². The van der Waals surface area contributed by atoms with Gasteiger partial charge in [-0.25, -0.2) is 0 Å². The molecule has 5 rings (SSSR count). The first-order valence-corrected chi connectivity index (χ1v) is 11.9. The third kappa shape index (κ3) is 5.50. The van der Waals surface area contributed by atoms with Gasteiger partial charge in [0.05, 0.1) is 7.11 Å². The van der Waals surface area contributed by atoms with Gasteiger partial charge in [0, 0.05) is 51.0 Å². The van der Waals surface area contributed by atoms with Crippen molar-refractivity contribution in [1.29, 1.82) is 5.26 Å². The fourth-order valence-electron chi connectivity index (χ4n) is 4.09. The Bertz CT molecular complexity index is 1300. The van der Waals surface area contributed by atoms with E-state index < -0.39 is 0 Å². The first-order chi connectivity index (χ1) is 17.7. The van der Waals surface area contributed by atoms with Gasteiger partial charge in [-0.1, -0.05) is 6.07 Å². The molecule has 1 aromatic carbocycles. The van der Waals surface area contributed by atoms with E-state index in [2.05, 4.69) is 31.9 Å². The van der Waals surface area contributed by atoms with Crippen molar-refractivity contribution in [3.05, 3.63) is 77.9 Å². The van der Waals surface area contributed by atoms with E-state index in [-0.39, 0.29) is 18.2 Å². The number of anilines is 1. The summed E-state index contributed by atoms with van der Waals surface area (Å²) in [4.78, 5) is 13.2. The summed E-state index contributed by atoms with van der Waals surface area (Å²) in [5.74, 6) is 3.33. The third-order valence-electron chi connectivity index (χ3n) is 6.10. The summed E-state index contributed by atoms with van der Waals surface area (Å²) in [5, 5.41) is 9.65. The molecule has 0 saturated carbocycles. The zero-order valence-electron chi connectivity index (χ0n) is 20.1. The van der Waals surface area contributed by atoms with Gasteiger partial charge >= 0.3 is 0 Å². The van der Waals surface area contributed by atoms with E-state index in [1.165, 1.54) is 0 Å². The van der Waals surface area contributed by atoms with Gasteiger partial charge in [-0.15, -0.1) is 0 Å². The number of ether oxygens (including phenoxy) is 2. The van der Waals surface area contributed by atoms with E-state index in [4.69, 9.17) is 18.3 Å². The number of aromatic nitrogens is 2. The Hall–Kier alpha value is -4.29. The van der Waals surface area contributed by atoms with Gasteiger partial charge in [0.1, 0.15) is 29.9 Å². The first kappa shape index (κ1) is 23.5. The maximum atomic E-state index is 9.65. The number of furan rings is 1. The normalized spacial score (nSPS) is 13.9. The van der Waals surface area contributed by atoms with E-state index in [1.807, 2.05) is 48.7 Å². The highest BCUT2D eigenvalue weighted by Crippen LogP contribution is 2.30. The number of hydrogen-bond acceptors (Lipinski definition) is 9. The van der Waals surface area contributed by atoms with Crippen LogP contribution >= 0.6 is 0 Å². The minimum absolute atomic E-state index is 0.255. The average molecular weight is 486 g/mol. The van der Waals surface area contributed by atoms with Crippen LogP contribution in [0.15, 0.2) is 69.6 Å². The molecule has 4 aromatic rings. The number of oxazole rings is 1. The lowest BCUT2D eigenvalue weighted by Gasteiger charge is -2.34. The molecule has 9 heteroatoms. The lowest BCUT2D eigenvalue weighted by Crippen LogP contribution is -2.47. The highest BCUT2D eigenvalue weighted by molar-refractivity contribution is 5.56. The molecule has 0 N–H and O–H groups in total. The molecule has 4 heterocycles. The number of pyridine rings is 1. The van der Waals surface area contributed by atoms with Crippen molar-refractivity contribution in [2.24, 2.45) is 0 Å². The Kier molecular flexibility index (Phi) is 7.15. The fraction of sp³-hybridized carbons (Fsp3) is 0.296. The van der Waals surface area contributed by atoms with Crippen molar-refractivity contribution in [2.75, 3.05) is 44.7 Å². The Labute approximate surface area is 209 Å². The molecule has 1 saturated heterocycles. The van der Waals surface area contributed by atoms with Crippen molar-refractivity contribution < 1.29 is 18.3 Å². The molecule has 0 bridgehead atoms. The van der Waals surface area contributed by atoms with Crippen molar-refractivity contribution in [3.8, 4) is 29.2 Å². The molecular weight excluding hydrogens is 458 g/mol. The molecular formula is C27H27N5O4. The summed E-state index contributed by atoms with van der Waals surface area (Å²) in [6.07, 6.45) is 2.74. The molecule has 36 heavy (non-hydrogen) atoms. The summed E-state index contributed by atoms with van der Waals surface area (Å²) in [5.41, 5.74) is 1.36. The van der Waals surface area contributed by atoms with Crippen molar-refractivity contribution in [1.82, 2.24) is 14.9 Å². The highest BCUT2D eigenvalue weighted by Gasteiger charge is 2.25. The SMILES string of the molecule is COc1ccc(OCc2ccc(-c3nc(C#N)c(N4CCN(CCc5ccccn5)CC4)o3)o2)cc1. The molecule has 1 aliphatic rings. The van der Waals surface area contributed by atoms with Crippen LogP contribution < -0.4 is 14.4 Å². The van der Waals surface area contributed by atoms with Crippen LogP contribution in [-0.4, -0.2) is 54.7 Å². The summed E-state index contributed by atoms with van der Waals surface area (Å²) in [7, 11) is 1.62. The second-order valence-corrected chi connectivity index (χ2v) is 8.41. The maximum Gasteiger partial charge on any atom is 0.266 e. The van der Waals surface area contributed by atoms with Crippen LogP contribution in [0.2, 0.25) is 0 Å². The van der Waals surface area contributed by atoms with Crippen LogP contribution in [-0.2, 0) is 13.0 Å². The second kappa shape index (κ2) is 11.0. The first-order valence-electron chi connectivity index (χ1n) is 11.9. The molecule has 1 aliphatic heterocycles. The van der Waals surface area contributed by atoms with E-state index in [0.717, 1.165) is 50.6 Å². The van der Waals surface area contributed by atoms with E-state index in [9.17, 15) is 5.26 Å². The van der Waals surface area contributed by atoms with Gasteiger partial charge in [-0.2, -0.15) is 10.2 Å². The Morgan fingerprint density at radius 3 is 2.50 bits per heavy atom. The summed E-state index contributed by atoms with van der Waals surface area (Å²) in [6.45, 7) is 4.47. The molecule has 1 fully saturated rings. The summed E-state index contributed by atoms with van der Waals surface area (Å²) in [6, 6.07) is 19.1. The van der Waals surface area contributed by atoms with Crippen molar-refractivity contribution >= 4 is 5.88 Å². The zero-order chi connectivity index (χ0) is 24.7. The van der Waals surface area contributed by atoms with E-state index in [1.54, 1.807) is 13.2 Å². The topological polar surface area (TPSA) is 101 Å². The number of methoxy groups -OCH3 is 1. The Balaban J connectivity index is 1.18. The van der Waals surface area contributed by atoms with Crippen LogP contribution in [0.5, 0.6) is 11.5 Å². The zero-order valence-corrected chi connectivity index (χ0v) is 20.1. The fourth-order valence-corrected chi connectivity index (χ4v) is 4.09. The minimum Gasteiger partial charge on any atom is -0.497 e. The summed E-state index contributed by atoms with van der Waals surface area (Å²) < 4.78 is 22.8. The number of nitriles is 1. The number of rotatable bonds is 9. The number of benzene rings is 1. The lowest BCUT2D eigenvalue weighted by atomic mass is 10.2. The molecule has 0 aliphatic carbocycles. The Morgan fingerprint density at radius 1 is 0.972 bits per heavy atom. The average Bonchev–Trinajstić information content (AvgIpc) is 3.59. The number of piperazine rings is 1. The van der Waals surface area contributed by atoms with Gasteiger partial charge in [0.15, 0.2) is 5.76 Å². The summed E-state index contributed by atoms with van der Waals surface area (Å²) >= 11 is 0. The van der Waals surface area contributed by atoms with Gasteiger partial charge in [-0.3, -0.25) is 9.88 Å². The Morgan fingerprint density at radius 2 is 1.78 bits per heavy atom.